The average molecular weight is 466 g/mol. The summed E-state index contributed by atoms with van der Waals surface area (Å²) >= 11 is 1.45. The molecule has 32 heavy (non-hydrogen) atoms. The summed E-state index contributed by atoms with van der Waals surface area (Å²) in [5, 5.41) is -0.201. The van der Waals surface area contributed by atoms with Crippen LogP contribution in [-0.2, 0) is 6.42 Å². The van der Waals surface area contributed by atoms with E-state index in [9.17, 15) is 18.4 Å². The fourth-order valence-corrected chi connectivity index (χ4v) is 6.94. The standard InChI is InChI=1S/C23H26F3N3O2S/c1-9-16(15-8-13-12(10(2)27)4-3-5-14(13)32-15)19(24)17(21(25)26)18-20(9)29(11-6-7-11)23(31)28-22(18)30/h8,10-12,16,19,21H,3-7,27H2,1-2H3,(H,28,30,31). The lowest BCUT2D eigenvalue weighted by atomic mass is 9.81. The van der Waals surface area contributed by atoms with Gasteiger partial charge in [-0.05, 0) is 69.1 Å². The first kappa shape index (κ1) is 21.7. The molecule has 0 amide bonds. The largest absolute Gasteiger partial charge is 0.329 e. The minimum atomic E-state index is -3.14. The van der Waals surface area contributed by atoms with Crippen molar-refractivity contribution in [2.45, 2.75) is 82.5 Å². The molecular weight excluding hydrogens is 439 g/mol. The molecule has 2 aromatic rings. The molecule has 1 fully saturated rings. The third-order valence-corrected chi connectivity index (χ3v) is 8.42. The van der Waals surface area contributed by atoms with Crippen LogP contribution in [0.25, 0.3) is 11.1 Å². The molecule has 2 aromatic heterocycles. The van der Waals surface area contributed by atoms with Crippen molar-refractivity contribution in [2.75, 3.05) is 0 Å². The minimum Gasteiger partial charge on any atom is -0.327 e. The van der Waals surface area contributed by atoms with E-state index < -0.39 is 35.3 Å². The second-order valence-corrected chi connectivity index (χ2v) is 10.5. The van der Waals surface area contributed by atoms with E-state index in [1.165, 1.54) is 15.9 Å². The Balaban J connectivity index is 1.80. The number of nitrogens with one attached hydrogen (secondary N) is 1. The zero-order valence-corrected chi connectivity index (χ0v) is 18.8. The molecule has 4 unspecified atom stereocenters. The third kappa shape index (κ3) is 3.23. The zero-order chi connectivity index (χ0) is 22.9. The van der Waals surface area contributed by atoms with Gasteiger partial charge in [0.2, 0.25) is 0 Å². The number of aromatic nitrogens is 2. The Morgan fingerprint density at radius 1 is 1.25 bits per heavy atom. The molecule has 0 aliphatic heterocycles. The smallest absolute Gasteiger partial charge is 0.327 e. The van der Waals surface area contributed by atoms with Gasteiger partial charge in [0.1, 0.15) is 6.17 Å². The lowest BCUT2D eigenvalue weighted by Crippen LogP contribution is -2.59. The Morgan fingerprint density at radius 3 is 2.59 bits per heavy atom. The molecule has 0 spiro atoms. The first-order chi connectivity index (χ1) is 15.2. The van der Waals surface area contributed by atoms with Crippen LogP contribution in [0.2, 0.25) is 0 Å². The number of hydrogen-bond acceptors (Lipinski definition) is 4. The number of alkyl halides is 3. The highest BCUT2D eigenvalue weighted by Crippen LogP contribution is 2.46. The normalized spacial score (nSPS) is 26.3. The molecule has 9 heteroatoms. The SMILES string of the molecule is CC1=c2c(c(=O)[nH]c(=O)n2C2CC2)=C(C(F)F)C(F)C1c1cc2c(s1)CCCC2C(C)N. The molecule has 172 valence electrons. The molecule has 5 nitrogen and oxygen atoms in total. The van der Waals surface area contributed by atoms with Crippen molar-refractivity contribution in [2.24, 2.45) is 5.73 Å². The first-order valence-corrected chi connectivity index (χ1v) is 11.9. The predicted octanol–water partition coefficient (Wildman–Crippen LogP) is 2.42. The fraction of sp³-hybridized carbons (Fsp3) is 0.565. The van der Waals surface area contributed by atoms with E-state index in [2.05, 4.69) is 4.98 Å². The van der Waals surface area contributed by atoms with Crippen LogP contribution < -0.4 is 27.6 Å². The van der Waals surface area contributed by atoms with E-state index >= 15 is 4.39 Å². The van der Waals surface area contributed by atoms with Crippen molar-refractivity contribution in [3.8, 4) is 0 Å². The van der Waals surface area contributed by atoms with Crippen LogP contribution in [0.3, 0.4) is 0 Å². The van der Waals surface area contributed by atoms with Crippen LogP contribution in [0.4, 0.5) is 13.2 Å². The summed E-state index contributed by atoms with van der Waals surface area (Å²) in [5.41, 5.74) is 5.35. The van der Waals surface area contributed by atoms with Gasteiger partial charge < -0.3 is 5.73 Å². The second-order valence-electron chi connectivity index (χ2n) is 9.29. The topological polar surface area (TPSA) is 80.9 Å². The molecule has 0 radical (unpaired) electrons. The molecule has 5 rings (SSSR count). The fourth-order valence-electron chi connectivity index (χ4n) is 5.47. The van der Waals surface area contributed by atoms with E-state index in [-0.39, 0.29) is 28.6 Å². The number of rotatable bonds is 4. The number of nitrogens with zero attached hydrogens (tertiary/aromatic N) is 1. The highest BCUT2D eigenvalue weighted by atomic mass is 32.1. The quantitative estimate of drug-likeness (QED) is 0.728. The molecule has 0 aromatic carbocycles. The van der Waals surface area contributed by atoms with Crippen molar-refractivity contribution >= 4 is 22.5 Å². The summed E-state index contributed by atoms with van der Waals surface area (Å²) in [4.78, 5) is 29.1. The monoisotopic (exact) mass is 465 g/mol. The zero-order valence-electron chi connectivity index (χ0n) is 18.0. The molecule has 3 aliphatic carbocycles. The summed E-state index contributed by atoms with van der Waals surface area (Å²) in [7, 11) is 0. The average Bonchev–Trinajstić information content (AvgIpc) is 3.45. The highest BCUT2D eigenvalue weighted by molar-refractivity contribution is 7.12. The van der Waals surface area contributed by atoms with Crippen LogP contribution in [0.5, 0.6) is 0 Å². The summed E-state index contributed by atoms with van der Waals surface area (Å²) < 4.78 is 45.5. The van der Waals surface area contributed by atoms with E-state index in [1.807, 2.05) is 13.0 Å². The van der Waals surface area contributed by atoms with Gasteiger partial charge in [-0.2, -0.15) is 0 Å². The molecule has 2 heterocycles. The maximum Gasteiger partial charge on any atom is 0.329 e. The van der Waals surface area contributed by atoms with Gasteiger partial charge in [0.15, 0.2) is 0 Å². The van der Waals surface area contributed by atoms with Crippen molar-refractivity contribution in [1.82, 2.24) is 9.55 Å². The molecule has 3 N–H and O–H groups in total. The van der Waals surface area contributed by atoms with E-state index in [1.54, 1.807) is 6.92 Å². The maximum atomic E-state index is 15.8. The van der Waals surface area contributed by atoms with Crippen molar-refractivity contribution in [3.05, 3.63) is 52.8 Å². The molecule has 0 bridgehead atoms. The van der Waals surface area contributed by atoms with Gasteiger partial charge in [-0.25, -0.2) is 18.0 Å². The Kier molecular flexibility index (Phi) is 5.24. The molecule has 4 atom stereocenters. The van der Waals surface area contributed by atoms with Gasteiger partial charge >= 0.3 is 5.69 Å². The third-order valence-electron chi connectivity index (χ3n) is 7.13. The molecular formula is C23H26F3N3O2S. The van der Waals surface area contributed by atoms with E-state index in [0.29, 0.717) is 10.5 Å². The van der Waals surface area contributed by atoms with Gasteiger partial charge in [-0.15, -0.1) is 11.3 Å². The number of halogens is 3. The summed E-state index contributed by atoms with van der Waals surface area (Å²) in [6.07, 6.45) is -0.938. The molecule has 1 saturated carbocycles. The number of aryl methyl sites for hydroxylation is 1. The van der Waals surface area contributed by atoms with Crippen LogP contribution in [0, 0.1) is 0 Å². The Bertz CT molecular complexity index is 1320. The van der Waals surface area contributed by atoms with Crippen molar-refractivity contribution in [3.63, 3.8) is 0 Å². The number of H-pyrrole nitrogens is 1. The van der Waals surface area contributed by atoms with Crippen LogP contribution in [-0.4, -0.2) is 28.2 Å². The summed E-state index contributed by atoms with van der Waals surface area (Å²) in [5.74, 6) is -0.800. The van der Waals surface area contributed by atoms with Crippen LogP contribution >= 0.6 is 11.3 Å². The van der Waals surface area contributed by atoms with Gasteiger partial charge in [0.05, 0.1) is 16.5 Å². The number of thiophene rings is 1. The Labute approximate surface area is 186 Å². The maximum absolute atomic E-state index is 15.8. The number of aromatic amines is 1. The Morgan fingerprint density at radius 2 is 1.97 bits per heavy atom. The van der Waals surface area contributed by atoms with Crippen LogP contribution in [0.1, 0.15) is 72.7 Å². The molecule has 3 aliphatic rings. The number of nitrogens with two attached hydrogens (primary N) is 1. The van der Waals surface area contributed by atoms with Crippen LogP contribution in [0.15, 0.2) is 15.7 Å². The Hall–Kier alpha value is -2.13. The summed E-state index contributed by atoms with van der Waals surface area (Å²) in [6.45, 7) is 3.62. The number of hydrogen-bond donors (Lipinski definition) is 2. The van der Waals surface area contributed by atoms with Gasteiger partial charge in [0.25, 0.3) is 12.0 Å². The highest BCUT2D eigenvalue weighted by Gasteiger charge is 2.41. The lowest BCUT2D eigenvalue weighted by molar-refractivity contribution is 0.191. The first-order valence-electron chi connectivity index (χ1n) is 11.1. The number of fused-ring (bicyclic) bond motifs is 2. The summed E-state index contributed by atoms with van der Waals surface area (Å²) in [6, 6.07) is 1.71. The van der Waals surface area contributed by atoms with E-state index in [0.717, 1.165) is 42.5 Å². The minimum absolute atomic E-state index is 0.0587. The predicted molar refractivity (Wildman–Crippen MR) is 119 cm³/mol. The second kappa shape index (κ2) is 7.73. The lowest BCUT2D eigenvalue weighted by Gasteiger charge is -2.28. The van der Waals surface area contributed by atoms with E-state index in [4.69, 9.17) is 5.73 Å². The van der Waals surface area contributed by atoms with Gasteiger partial charge in [-0.1, -0.05) is 0 Å². The van der Waals surface area contributed by atoms with Crippen molar-refractivity contribution < 1.29 is 13.2 Å². The van der Waals surface area contributed by atoms with Gasteiger partial charge in [0, 0.05) is 27.4 Å². The molecule has 0 saturated heterocycles. The van der Waals surface area contributed by atoms with Crippen molar-refractivity contribution in [1.29, 1.82) is 0 Å². The van der Waals surface area contributed by atoms with Gasteiger partial charge in [-0.3, -0.25) is 14.3 Å².